The summed E-state index contributed by atoms with van der Waals surface area (Å²) in [6, 6.07) is 10.1. The van der Waals surface area contributed by atoms with Crippen molar-refractivity contribution in [3.8, 4) is 11.5 Å². The largest absolute Gasteiger partial charge is 0.497 e. The number of halogens is 1. The molecule has 132 valence electrons. The van der Waals surface area contributed by atoms with Crippen LogP contribution in [0, 0.1) is 13.8 Å². The number of ketones is 1. The molecule has 0 amide bonds. The van der Waals surface area contributed by atoms with Gasteiger partial charge in [0.25, 0.3) is 0 Å². The van der Waals surface area contributed by atoms with Crippen molar-refractivity contribution in [3.63, 3.8) is 0 Å². The van der Waals surface area contributed by atoms with E-state index in [1.165, 1.54) is 0 Å². The Morgan fingerprint density at radius 3 is 2.16 bits per heavy atom. The molecule has 6 heteroatoms. The summed E-state index contributed by atoms with van der Waals surface area (Å²) < 4.78 is 15.5. The number of hydrogen-bond donors (Lipinski definition) is 0. The van der Waals surface area contributed by atoms with Crippen molar-refractivity contribution in [2.24, 2.45) is 0 Å². The number of carbonyl (C=O) groups is 2. The molecule has 0 spiro atoms. The maximum Gasteiger partial charge on any atom is 0.344 e. The van der Waals surface area contributed by atoms with Crippen LogP contribution in [0.15, 0.2) is 36.4 Å². The van der Waals surface area contributed by atoms with Crippen LogP contribution in [-0.4, -0.2) is 32.1 Å². The Bertz CT molecular complexity index is 745. The number of carbonyl (C=O) groups excluding carboxylic acids is 2. The molecule has 0 saturated carbocycles. The highest BCUT2D eigenvalue weighted by molar-refractivity contribution is 6.30. The molecule has 0 aliphatic rings. The van der Waals surface area contributed by atoms with Crippen molar-refractivity contribution in [2.45, 2.75) is 13.8 Å². The molecule has 0 fully saturated rings. The Morgan fingerprint density at radius 1 is 1.00 bits per heavy atom. The van der Waals surface area contributed by atoms with Gasteiger partial charge in [-0.1, -0.05) is 11.6 Å². The number of hydrogen-bond acceptors (Lipinski definition) is 5. The van der Waals surface area contributed by atoms with Crippen LogP contribution in [0.5, 0.6) is 11.5 Å². The van der Waals surface area contributed by atoms with E-state index in [0.717, 1.165) is 11.1 Å². The fourth-order valence-electron chi connectivity index (χ4n) is 2.30. The molecular weight excluding hydrogens is 344 g/mol. The normalized spacial score (nSPS) is 10.2. The minimum absolute atomic E-state index is 0.279. The van der Waals surface area contributed by atoms with Crippen molar-refractivity contribution < 1.29 is 23.8 Å². The Balaban J connectivity index is 1.85. The van der Waals surface area contributed by atoms with Crippen LogP contribution in [0.2, 0.25) is 5.02 Å². The van der Waals surface area contributed by atoms with Gasteiger partial charge >= 0.3 is 5.97 Å². The molecule has 0 atom stereocenters. The van der Waals surface area contributed by atoms with Gasteiger partial charge in [0.1, 0.15) is 11.5 Å². The smallest absolute Gasteiger partial charge is 0.344 e. The first kappa shape index (κ1) is 18.8. The molecule has 0 unspecified atom stereocenters. The monoisotopic (exact) mass is 362 g/mol. The molecule has 5 nitrogen and oxygen atoms in total. The van der Waals surface area contributed by atoms with E-state index < -0.39 is 5.97 Å². The summed E-state index contributed by atoms with van der Waals surface area (Å²) in [4.78, 5) is 23.8. The second-order valence-corrected chi connectivity index (χ2v) is 5.91. The molecule has 0 bridgehead atoms. The zero-order chi connectivity index (χ0) is 18.4. The van der Waals surface area contributed by atoms with Gasteiger partial charge in [-0.2, -0.15) is 0 Å². The number of aryl methyl sites for hydroxylation is 2. The second kappa shape index (κ2) is 8.53. The average molecular weight is 363 g/mol. The van der Waals surface area contributed by atoms with Gasteiger partial charge in [-0.3, -0.25) is 4.79 Å². The first-order valence-electron chi connectivity index (χ1n) is 7.63. The Kier molecular flexibility index (Phi) is 6.42. The van der Waals surface area contributed by atoms with Crippen LogP contribution in [0.25, 0.3) is 0 Å². The standard InChI is InChI=1S/C19H19ClO5/c1-12-8-15(20)9-13(2)19(12)25-11-18(22)24-10-17(21)14-4-6-16(23-3)7-5-14/h4-9H,10-11H2,1-3H3. The molecule has 0 heterocycles. The lowest BCUT2D eigenvalue weighted by atomic mass is 10.1. The molecule has 2 aromatic rings. The molecule has 0 N–H and O–H groups in total. The van der Waals surface area contributed by atoms with E-state index in [0.29, 0.717) is 22.1 Å². The number of benzene rings is 2. The lowest BCUT2D eigenvalue weighted by molar-refractivity contribution is -0.144. The SMILES string of the molecule is COc1ccc(C(=O)COC(=O)COc2c(C)cc(Cl)cc2C)cc1. The highest BCUT2D eigenvalue weighted by atomic mass is 35.5. The molecule has 0 saturated heterocycles. The Hall–Kier alpha value is -2.53. The zero-order valence-corrected chi connectivity index (χ0v) is 15.1. The molecule has 0 aliphatic heterocycles. The predicted molar refractivity (Wildman–Crippen MR) is 94.7 cm³/mol. The van der Waals surface area contributed by atoms with Crippen LogP contribution in [0.4, 0.5) is 0 Å². The summed E-state index contributed by atoms with van der Waals surface area (Å²) in [5.74, 6) is 0.323. The van der Waals surface area contributed by atoms with Gasteiger partial charge < -0.3 is 14.2 Å². The summed E-state index contributed by atoms with van der Waals surface area (Å²) in [5.41, 5.74) is 2.10. The van der Waals surface area contributed by atoms with Crippen LogP contribution >= 0.6 is 11.6 Å². The lowest BCUT2D eigenvalue weighted by Crippen LogP contribution is -2.20. The minimum Gasteiger partial charge on any atom is -0.497 e. The molecule has 2 rings (SSSR count). The van der Waals surface area contributed by atoms with Crippen molar-refractivity contribution in [3.05, 3.63) is 58.1 Å². The number of esters is 1. The van der Waals surface area contributed by atoms with E-state index in [1.807, 2.05) is 13.8 Å². The fraction of sp³-hybridized carbons (Fsp3) is 0.263. The number of methoxy groups -OCH3 is 1. The van der Waals surface area contributed by atoms with Crippen LogP contribution in [-0.2, 0) is 9.53 Å². The van der Waals surface area contributed by atoms with Gasteiger partial charge in [-0.25, -0.2) is 4.79 Å². The van der Waals surface area contributed by atoms with Gasteiger partial charge in [0, 0.05) is 10.6 Å². The van der Waals surface area contributed by atoms with E-state index >= 15 is 0 Å². The van der Waals surface area contributed by atoms with E-state index in [2.05, 4.69) is 0 Å². The van der Waals surface area contributed by atoms with Crippen LogP contribution in [0.1, 0.15) is 21.5 Å². The topological polar surface area (TPSA) is 61.8 Å². The van der Waals surface area contributed by atoms with Crippen molar-refractivity contribution >= 4 is 23.4 Å². The van der Waals surface area contributed by atoms with Gasteiger partial charge in [-0.05, 0) is 61.4 Å². The zero-order valence-electron chi connectivity index (χ0n) is 14.3. The van der Waals surface area contributed by atoms with E-state index in [4.69, 9.17) is 25.8 Å². The summed E-state index contributed by atoms with van der Waals surface area (Å²) >= 11 is 5.95. The van der Waals surface area contributed by atoms with Gasteiger partial charge in [0.05, 0.1) is 7.11 Å². The average Bonchev–Trinajstić information content (AvgIpc) is 2.58. The second-order valence-electron chi connectivity index (χ2n) is 5.47. The Morgan fingerprint density at radius 2 is 1.60 bits per heavy atom. The summed E-state index contributed by atoms with van der Waals surface area (Å²) in [6.45, 7) is 3.06. The molecule has 25 heavy (non-hydrogen) atoms. The van der Waals surface area contributed by atoms with Crippen molar-refractivity contribution in [2.75, 3.05) is 20.3 Å². The minimum atomic E-state index is -0.615. The third kappa shape index (κ3) is 5.22. The van der Waals surface area contributed by atoms with Gasteiger partial charge in [0.15, 0.2) is 19.0 Å². The van der Waals surface area contributed by atoms with Crippen molar-refractivity contribution in [1.82, 2.24) is 0 Å². The van der Waals surface area contributed by atoms with Crippen LogP contribution < -0.4 is 9.47 Å². The summed E-state index contributed by atoms with van der Waals surface area (Å²) in [7, 11) is 1.54. The first-order chi connectivity index (χ1) is 11.9. The number of rotatable bonds is 7. The Labute approximate surface area is 151 Å². The van der Waals surface area contributed by atoms with Gasteiger partial charge in [-0.15, -0.1) is 0 Å². The lowest BCUT2D eigenvalue weighted by Gasteiger charge is -2.12. The highest BCUT2D eigenvalue weighted by Crippen LogP contribution is 2.26. The number of Topliss-reactive ketones (excluding diaryl/α,β-unsaturated/α-hetero) is 1. The molecular formula is C19H19ClO5. The number of ether oxygens (including phenoxy) is 3. The van der Waals surface area contributed by atoms with Gasteiger partial charge in [0.2, 0.25) is 0 Å². The molecule has 0 aromatic heterocycles. The predicted octanol–water partition coefficient (Wildman–Crippen LogP) is 3.77. The van der Waals surface area contributed by atoms with E-state index in [9.17, 15) is 9.59 Å². The molecule has 0 aliphatic carbocycles. The highest BCUT2D eigenvalue weighted by Gasteiger charge is 2.12. The van der Waals surface area contributed by atoms with Crippen molar-refractivity contribution in [1.29, 1.82) is 0 Å². The third-order valence-corrected chi connectivity index (χ3v) is 3.75. The fourth-order valence-corrected chi connectivity index (χ4v) is 2.63. The van der Waals surface area contributed by atoms with E-state index in [1.54, 1.807) is 43.5 Å². The maximum atomic E-state index is 12.0. The first-order valence-corrected chi connectivity index (χ1v) is 8.01. The summed E-state index contributed by atoms with van der Waals surface area (Å²) in [5, 5.41) is 0.606. The van der Waals surface area contributed by atoms with E-state index in [-0.39, 0.29) is 19.0 Å². The maximum absolute atomic E-state index is 12.0. The molecule has 2 aromatic carbocycles. The molecule has 0 radical (unpaired) electrons. The summed E-state index contributed by atoms with van der Waals surface area (Å²) in [6.07, 6.45) is 0. The quantitative estimate of drug-likeness (QED) is 0.554. The van der Waals surface area contributed by atoms with Crippen LogP contribution in [0.3, 0.4) is 0 Å². The third-order valence-electron chi connectivity index (χ3n) is 3.54.